The molecule has 0 radical (unpaired) electrons. The van der Waals surface area contributed by atoms with Crippen molar-refractivity contribution in [1.82, 2.24) is 0 Å². The van der Waals surface area contributed by atoms with Crippen LogP contribution in [0, 0.1) is 11.6 Å². The lowest BCUT2D eigenvalue weighted by atomic mass is 10.2. The monoisotopic (exact) mass is 463 g/mol. The fourth-order valence-electron chi connectivity index (χ4n) is 2.50. The first-order chi connectivity index (χ1) is 13.2. The second kappa shape index (κ2) is 8.45. The van der Waals surface area contributed by atoms with Crippen molar-refractivity contribution < 1.29 is 18.3 Å². The Morgan fingerprint density at radius 2 is 1.46 bits per heavy atom. The molecule has 0 heterocycles. The summed E-state index contributed by atoms with van der Waals surface area (Å²) in [5.41, 5.74) is 0. The van der Waals surface area contributed by atoms with E-state index in [1.807, 2.05) is 36.4 Å². The van der Waals surface area contributed by atoms with Crippen molar-refractivity contribution in [3.63, 3.8) is 0 Å². The van der Waals surface area contributed by atoms with Crippen LogP contribution < -0.4 is 4.74 Å². The van der Waals surface area contributed by atoms with E-state index >= 15 is 0 Å². The largest absolute Gasteiger partial charge is 0.425 e. The van der Waals surface area contributed by atoms with E-state index in [9.17, 15) is 13.6 Å². The summed E-state index contributed by atoms with van der Waals surface area (Å²) in [5, 5.41) is 0. The zero-order valence-corrected chi connectivity index (χ0v) is 17.7. The minimum atomic E-state index is -0.824. The Kier molecular flexibility index (Phi) is 6.20. The standard InChI is InChI=1S/C22H18BrF2O2S/c1-22(2,23)21(26)27-17-7-6-10-19(14-17)28(18-8-4-3-5-9-18)20-12-15(24)11-16(25)13-20/h3-14H,1-2H3/q+1. The molecule has 2 nitrogen and oxygen atoms in total. The van der Waals surface area contributed by atoms with Gasteiger partial charge in [-0.1, -0.05) is 40.2 Å². The van der Waals surface area contributed by atoms with Crippen LogP contribution in [-0.4, -0.2) is 10.3 Å². The molecule has 0 saturated heterocycles. The van der Waals surface area contributed by atoms with Gasteiger partial charge in [-0.15, -0.1) is 0 Å². The Bertz CT molecular complexity index is 967. The van der Waals surface area contributed by atoms with Gasteiger partial charge in [0.15, 0.2) is 14.7 Å². The second-order valence-corrected chi connectivity index (χ2v) is 10.6. The molecule has 0 aliphatic rings. The maximum absolute atomic E-state index is 13.9. The highest BCUT2D eigenvalue weighted by molar-refractivity contribution is 9.10. The van der Waals surface area contributed by atoms with Gasteiger partial charge in [0.2, 0.25) is 0 Å². The summed E-state index contributed by atoms with van der Waals surface area (Å²) >= 11 is 3.28. The highest BCUT2D eigenvalue weighted by Gasteiger charge is 2.31. The molecule has 144 valence electrons. The summed E-state index contributed by atoms with van der Waals surface area (Å²) in [6.45, 7) is 3.40. The zero-order chi connectivity index (χ0) is 20.3. The normalized spacial score (nSPS) is 12.5. The topological polar surface area (TPSA) is 26.3 Å². The van der Waals surface area contributed by atoms with Crippen LogP contribution in [0.2, 0.25) is 0 Å². The van der Waals surface area contributed by atoms with Gasteiger partial charge >= 0.3 is 5.97 Å². The van der Waals surface area contributed by atoms with Gasteiger partial charge in [0.05, 0.1) is 10.9 Å². The average molecular weight is 464 g/mol. The number of esters is 1. The average Bonchev–Trinajstić information content (AvgIpc) is 2.61. The predicted octanol–water partition coefficient (Wildman–Crippen LogP) is 6.14. The minimum absolute atomic E-state index is 0.375. The van der Waals surface area contributed by atoms with E-state index in [1.165, 1.54) is 12.1 Å². The number of halogens is 3. The van der Waals surface area contributed by atoms with Crippen molar-refractivity contribution in [2.24, 2.45) is 0 Å². The van der Waals surface area contributed by atoms with Gasteiger partial charge in [-0.3, -0.25) is 4.79 Å². The van der Waals surface area contributed by atoms with Crippen LogP contribution in [0.1, 0.15) is 13.8 Å². The van der Waals surface area contributed by atoms with Crippen LogP contribution in [0.5, 0.6) is 5.75 Å². The fraction of sp³-hybridized carbons (Fsp3) is 0.136. The van der Waals surface area contributed by atoms with E-state index in [-0.39, 0.29) is 0 Å². The molecule has 0 saturated carbocycles. The number of carbonyl (C=O) groups is 1. The molecule has 0 aromatic heterocycles. The van der Waals surface area contributed by atoms with Crippen LogP contribution >= 0.6 is 15.9 Å². The van der Waals surface area contributed by atoms with E-state index in [0.29, 0.717) is 10.6 Å². The van der Waals surface area contributed by atoms with Crippen LogP contribution in [-0.2, 0) is 15.7 Å². The summed E-state index contributed by atoms with van der Waals surface area (Å²) < 4.78 is 32.4. The molecule has 28 heavy (non-hydrogen) atoms. The number of ether oxygens (including phenoxy) is 1. The summed E-state index contributed by atoms with van der Waals surface area (Å²) in [6.07, 6.45) is 0. The number of alkyl halides is 1. The Balaban J connectivity index is 2.07. The van der Waals surface area contributed by atoms with Crippen molar-refractivity contribution >= 4 is 32.8 Å². The second-order valence-electron chi connectivity index (χ2n) is 6.56. The van der Waals surface area contributed by atoms with Crippen LogP contribution in [0.15, 0.2) is 87.5 Å². The Morgan fingerprint density at radius 1 is 0.857 bits per heavy atom. The molecule has 0 amide bonds. The van der Waals surface area contributed by atoms with Crippen molar-refractivity contribution in [1.29, 1.82) is 0 Å². The molecule has 0 fully saturated rings. The summed E-state index contributed by atoms with van der Waals surface area (Å²) in [4.78, 5) is 14.4. The molecular formula is C22H18BrF2O2S+. The molecule has 3 aromatic rings. The third-order valence-electron chi connectivity index (χ3n) is 3.79. The minimum Gasteiger partial charge on any atom is -0.425 e. The SMILES string of the molecule is CC(C)(Br)C(=O)Oc1cccc([S+](c2ccccc2)c2cc(F)cc(F)c2)c1. The quantitative estimate of drug-likeness (QED) is 0.196. The van der Waals surface area contributed by atoms with Crippen molar-refractivity contribution in [3.8, 4) is 5.75 Å². The lowest BCUT2D eigenvalue weighted by Gasteiger charge is -2.15. The molecule has 0 spiro atoms. The molecule has 3 aromatic carbocycles. The third-order valence-corrected chi connectivity index (χ3v) is 6.29. The molecule has 1 atom stereocenters. The van der Waals surface area contributed by atoms with Crippen molar-refractivity contribution in [3.05, 3.63) is 84.4 Å². The molecule has 0 aliphatic heterocycles. The Morgan fingerprint density at radius 3 is 2.07 bits per heavy atom. The smallest absolute Gasteiger partial charge is 0.327 e. The predicted molar refractivity (Wildman–Crippen MR) is 110 cm³/mol. The van der Waals surface area contributed by atoms with Gasteiger partial charge in [-0.05, 0) is 38.1 Å². The van der Waals surface area contributed by atoms with E-state index < -0.39 is 32.8 Å². The van der Waals surface area contributed by atoms with Gasteiger partial charge in [0, 0.05) is 24.3 Å². The van der Waals surface area contributed by atoms with Gasteiger partial charge in [0.1, 0.15) is 21.7 Å². The molecule has 6 heteroatoms. The zero-order valence-electron chi connectivity index (χ0n) is 15.3. The number of carbonyl (C=O) groups excluding carboxylic acids is 1. The lowest BCUT2D eigenvalue weighted by Crippen LogP contribution is -2.29. The van der Waals surface area contributed by atoms with Gasteiger partial charge in [-0.25, -0.2) is 8.78 Å². The number of hydrogen-bond donors (Lipinski definition) is 0. The van der Waals surface area contributed by atoms with Crippen molar-refractivity contribution in [2.75, 3.05) is 0 Å². The number of hydrogen-bond acceptors (Lipinski definition) is 2. The fourth-order valence-corrected chi connectivity index (χ4v) is 4.74. The number of rotatable bonds is 5. The molecule has 1 unspecified atom stereocenters. The van der Waals surface area contributed by atoms with E-state index in [1.54, 1.807) is 32.0 Å². The molecule has 3 rings (SSSR count). The molecular weight excluding hydrogens is 446 g/mol. The summed E-state index contributed by atoms with van der Waals surface area (Å²) in [5.74, 6) is -1.32. The third kappa shape index (κ3) is 5.00. The highest BCUT2D eigenvalue weighted by Crippen LogP contribution is 2.34. The van der Waals surface area contributed by atoms with Gasteiger partial charge in [-0.2, -0.15) is 0 Å². The lowest BCUT2D eigenvalue weighted by molar-refractivity contribution is -0.136. The Hall–Kier alpha value is -2.18. The van der Waals surface area contributed by atoms with E-state index in [2.05, 4.69) is 15.9 Å². The van der Waals surface area contributed by atoms with Crippen molar-refractivity contribution in [2.45, 2.75) is 32.9 Å². The van der Waals surface area contributed by atoms with Crippen LogP contribution in [0.3, 0.4) is 0 Å². The van der Waals surface area contributed by atoms with E-state index in [4.69, 9.17) is 4.74 Å². The summed E-state index contributed by atoms with van der Waals surface area (Å²) in [6, 6.07) is 20.0. The Labute approximate surface area is 174 Å². The maximum Gasteiger partial charge on any atom is 0.327 e. The van der Waals surface area contributed by atoms with Gasteiger partial charge < -0.3 is 4.74 Å². The summed E-state index contributed by atoms with van der Waals surface area (Å²) in [7, 11) is -0.764. The van der Waals surface area contributed by atoms with Gasteiger partial charge in [0.25, 0.3) is 0 Å². The van der Waals surface area contributed by atoms with Crippen LogP contribution in [0.4, 0.5) is 8.78 Å². The molecule has 0 bridgehead atoms. The number of benzene rings is 3. The molecule has 0 aliphatic carbocycles. The maximum atomic E-state index is 13.9. The molecule has 0 N–H and O–H groups in total. The van der Waals surface area contributed by atoms with E-state index in [0.717, 1.165) is 15.9 Å². The first-order valence-corrected chi connectivity index (χ1v) is 10.5. The van der Waals surface area contributed by atoms with Crippen LogP contribution in [0.25, 0.3) is 0 Å². The first kappa shape index (κ1) is 20.6. The highest BCUT2D eigenvalue weighted by atomic mass is 79.9. The first-order valence-electron chi connectivity index (χ1n) is 8.51.